The average molecular weight is 370 g/mol. The molecule has 1 unspecified atom stereocenters. The van der Waals surface area contributed by atoms with Gasteiger partial charge in [-0.05, 0) is 0 Å². The van der Waals surface area contributed by atoms with Gasteiger partial charge in [0.25, 0.3) is 5.56 Å². The van der Waals surface area contributed by atoms with Gasteiger partial charge in [0.1, 0.15) is 18.3 Å². The maximum absolute atomic E-state index is 11.8. The van der Waals surface area contributed by atoms with E-state index >= 15 is 0 Å². The van der Waals surface area contributed by atoms with Gasteiger partial charge in [-0.3, -0.25) is 9.36 Å². The first-order valence-corrected chi connectivity index (χ1v) is 6.06. The molecule has 1 saturated heterocycles. The Labute approximate surface area is 115 Å². The fraction of sp³-hybridized carbons (Fsp3) is 0.556. The number of nitrogens with zero attached hydrogens (tertiary/aromatic N) is 2. The highest BCUT2D eigenvalue weighted by atomic mass is 127. The largest absolute Gasteiger partial charge is 0.394 e. The number of halogens is 1. The lowest BCUT2D eigenvalue weighted by Crippen LogP contribution is -2.40. The zero-order valence-corrected chi connectivity index (χ0v) is 11.2. The highest BCUT2D eigenvalue weighted by molar-refractivity contribution is 14.1. The van der Waals surface area contributed by atoms with Gasteiger partial charge >= 0.3 is 5.69 Å². The maximum Gasteiger partial charge on any atom is 0.342 e. The maximum atomic E-state index is 11.8. The number of hydrogen-bond acceptors (Lipinski definition) is 6. The van der Waals surface area contributed by atoms with Crippen LogP contribution < -0.4 is 11.2 Å². The summed E-state index contributed by atoms with van der Waals surface area (Å²) in [6.45, 7) is -0.479. The molecular weight excluding hydrogens is 359 g/mol. The van der Waals surface area contributed by atoms with Crippen LogP contribution in [0.15, 0.2) is 21.9 Å². The first-order valence-electron chi connectivity index (χ1n) is 5.10. The molecule has 1 aliphatic heterocycles. The fourth-order valence-electron chi connectivity index (χ4n) is 1.77. The third-order valence-electron chi connectivity index (χ3n) is 2.75. The zero-order chi connectivity index (χ0) is 13.4. The van der Waals surface area contributed by atoms with Crippen LogP contribution in [-0.4, -0.2) is 47.6 Å². The van der Waals surface area contributed by atoms with E-state index in [1.807, 2.05) is 0 Å². The minimum Gasteiger partial charge on any atom is -0.394 e. The molecule has 3 N–H and O–H groups in total. The van der Waals surface area contributed by atoms with Crippen molar-refractivity contribution >= 4 is 22.9 Å². The molecule has 8 nitrogen and oxygen atoms in total. The summed E-state index contributed by atoms with van der Waals surface area (Å²) in [4.78, 5) is 23.0. The second kappa shape index (κ2) is 5.09. The van der Waals surface area contributed by atoms with Crippen molar-refractivity contribution in [2.45, 2.75) is 24.5 Å². The van der Waals surface area contributed by atoms with Crippen molar-refractivity contribution in [3.05, 3.63) is 33.1 Å². The lowest BCUT2D eigenvalue weighted by Gasteiger charge is -2.17. The van der Waals surface area contributed by atoms with Crippen molar-refractivity contribution in [2.24, 2.45) is 0 Å². The Morgan fingerprint density at radius 2 is 2.00 bits per heavy atom. The number of rotatable bonds is 2. The standard InChI is InChI=1S/C9H11IN2O6/c10-12-5(14)1-2-11(9(12)17)8-7(16)6(15)4(3-13)18-8/h1-2,4,6-8,13,15-16H,3H2/t4-,6-,7+,8?/m1/s1. The molecule has 0 amide bonds. The van der Waals surface area contributed by atoms with Gasteiger partial charge in [0, 0.05) is 12.3 Å². The zero-order valence-electron chi connectivity index (χ0n) is 9.01. The lowest BCUT2D eigenvalue weighted by molar-refractivity contribution is -0.0551. The summed E-state index contributed by atoms with van der Waals surface area (Å²) in [5, 5.41) is 28.3. The molecule has 2 rings (SSSR count). The van der Waals surface area contributed by atoms with E-state index in [9.17, 15) is 19.8 Å². The first-order chi connectivity index (χ1) is 8.47. The smallest absolute Gasteiger partial charge is 0.342 e. The van der Waals surface area contributed by atoms with Gasteiger partial charge in [-0.2, -0.15) is 2.78 Å². The molecule has 0 bridgehead atoms. The monoisotopic (exact) mass is 370 g/mol. The van der Waals surface area contributed by atoms with Gasteiger partial charge in [-0.15, -0.1) is 0 Å². The van der Waals surface area contributed by atoms with Crippen LogP contribution in [0.2, 0.25) is 0 Å². The van der Waals surface area contributed by atoms with E-state index in [0.29, 0.717) is 0 Å². The van der Waals surface area contributed by atoms with E-state index < -0.39 is 42.4 Å². The Hall–Kier alpha value is -0.750. The van der Waals surface area contributed by atoms with Crippen LogP contribution in [-0.2, 0) is 4.74 Å². The third-order valence-corrected chi connectivity index (χ3v) is 3.64. The fourth-order valence-corrected chi connectivity index (χ4v) is 2.18. The van der Waals surface area contributed by atoms with Gasteiger partial charge in [-0.25, -0.2) is 4.79 Å². The molecule has 0 spiro atoms. The molecule has 1 aliphatic rings. The van der Waals surface area contributed by atoms with E-state index in [1.54, 1.807) is 0 Å². The molecule has 0 saturated carbocycles. The number of hydrogen-bond donors (Lipinski definition) is 3. The van der Waals surface area contributed by atoms with Crippen LogP contribution in [0.25, 0.3) is 0 Å². The molecule has 0 aliphatic carbocycles. The third kappa shape index (κ3) is 2.12. The topological polar surface area (TPSA) is 114 Å². The predicted octanol–water partition coefficient (Wildman–Crippen LogP) is -2.18. The molecule has 9 heteroatoms. The van der Waals surface area contributed by atoms with E-state index in [0.717, 1.165) is 13.4 Å². The second-order valence-electron chi connectivity index (χ2n) is 3.85. The van der Waals surface area contributed by atoms with E-state index in [-0.39, 0.29) is 0 Å². The Bertz CT molecular complexity index is 555. The van der Waals surface area contributed by atoms with Crippen LogP contribution in [0.4, 0.5) is 0 Å². The van der Waals surface area contributed by atoms with Crippen molar-refractivity contribution < 1.29 is 20.1 Å². The van der Waals surface area contributed by atoms with Gasteiger partial charge in [0.15, 0.2) is 6.23 Å². The summed E-state index contributed by atoms with van der Waals surface area (Å²) in [6.07, 6.45) is -3.56. The van der Waals surface area contributed by atoms with Crippen LogP contribution >= 0.6 is 22.9 Å². The summed E-state index contributed by atoms with van der Waals surface area (Å²) < 4.78 is 7.01. The Balaban J connectivity index is 2.42. The van der Waals surface area contributed by atoms with Crippen molar-refractivity contribution in [3.63, 3.8) is 0 Å². The van der Waals surface area contributed by atoms with E-state index in [4.69, 9.17) is 9.84 Å². The van der Waals surface area contributed by atoms with E-state index in [2.05, 4.69) is 0 Å². The number of ether oxygens (including phenoxy) is 1. The van der Waals surface area contributed by atoms with Crippen LogP contribution in [0.1, 0.15) is 6.23 Å². The van der Waals surface area contributed by atoms with Crippen LogP contribution in [0.3, 0.4) is 0 Å². The molecule has 1 aromatic rings. The SMILES string of the molecule is O=c1ccn(C2O[C@H](CO)[C@@H](O)[C@@H]2O)c(=O)n1I. The van der Waals surface area contributed by atoms with Gasteiger partial charge in [0.2, 0.25) is 0 Å². The van der Waals surface area contributed by atoms with Crippen LogP contribution in [0.5, 0.6) is 0 Å². The quantitative estimate of drug-likeness (QED) is 0.511. The normalized spacial score (nSPS) is 31.8. The van der Waals surface area contributed by atoms with Crippen molar-refractivity contribution in [2.75, 3.05) is 6.61 Å². The second-order valence-corrected chi connectivity index (χ2v) is 4.82. The number of aromatic nitrogens is 2. The van der Waals surface area contributed by atoms with Gasteiger partial charge in [-0.1, -0.05) is 0 Å². The summed E-state index contributed by atoms with van der Waals surface area (Å²) in [6, 6.07) is 1.14. The van der Waals surface area contributed by atoms with Gasteiger partial charge < -0.3 is 20.1 Å². The van der Waals surface area contributed by atoms with Gasteiger partial charge in [0.05, 0.1) is 29.5 Å². The highest BCUT2D eigenvalue weighted by Gasteiger charge is 2.43. The highest BCUT2D eigenvalue weighted by Crippen LogP contribution is 2.27. The summed E-state index contributed by atoms with van der Waals surface area (Å²) in [5.41, 5.74) is -1.18. The first kappa shape index (κ1) is 13.7. The molecule has 100 valence electrons. The molecule has 1 aromatic heterocycles. The summed E-state index contributed by atoms with van der Waals surface area (Å²) in [5.74, 6) is 0. The van der Waals surface area contributed by atoms with E-state index in [1.165, 1.54) is 29.1 Å². The van der Waals surface area contributed by atoms with Crippen LogP contribution in [0, 0.1) is 0 Å². The molecule has 1 fully saturated rings. The summed E-state index contributed by atoms with van der Waals surface area (Å²) >= 11 is 1.53. The summed E-state index contributed by atoms with van der Waals surface area (Å²) in [7, 11) is 0. The minimum absolute atomic E-state index is 0.479. The predicted molar refractivity (Wildman–Crippen MR) is 67.4 cm³/mol. The lowest BCUT2D eigenvalue weighted by atomic mass is 10.1. The Kier molecular flexibility index (Phi) is 3.87. The average Bonchev–Trinajstić information content (AvgIpc) is 2.64. The molecule has 18 heavy (non-hydrogen) atoms. The number of aliphatic hydroxyl groups excluding tert-OH is 3. The van der Waals surface area contributed by atoms with Crippen molar-refractivity contribution in [3.8, 4) is 0 Å². The minimum atomic E-state index is -1.35. The Morgan fingerprint density at radius 1 is 1.33 bits per heavy atom. The molecule has 4 atom stereocenters. The Morgan fingerprint density at radius 3 is 2.56 bits per heavy atom. The van der Waals surface area contributed by atoms with Crippen molar-refractivity contribution in [1.82, 2.24) is 7.35 Å². The molecule has 0 aromatic carbocycles. The molecule has 2 heterocycles. The molecular formula is C9H11IN2O6. The molecule has 0 radical (unpaired) electrons. The van der Waals surface area contributed by atoms with Crippen molar-refractivity contribution in [1.29, 1.82) is 0 Å². The number of aliphatic hydroxyl groups is 3.